The number of hydrogen-bond donors (Lipinski definition) is 3. The lowest BCUT2D eigenvalue weighted by Gasteiger charge is -2.18. The molecular formula is C13H17FN4O2. The zero-order valence-corrected chi connectivity index (χ0v) is 11.0. The maximum Gasteiger partial charge on any atom is 0.238 e. The number of carbonyl (C=O) groups excluding carboxylic acids is 2. The lowest BCUT2D eigenvalue weighted by Crippen LogP contribution is -2.35. The zero-order valence-electron chi connectivity index (χ0n) is 11.0. The highest BCUT2D eigenvalue weighted by Crippen LogP contribution is 2.16. The van der Waals surface area contributed by atoms with Crippen molar-refractivity contribution < 1.29 is 14.0 Å². The van der Waals surface area contributed by atoms with E-state index in [2.05, 4.69) is 10.6 Å². The molecule has 6 nitrogen and oxygen atoms in total. The minimum absolute atomic E-state index is 0.000726. The first kappa shape index (κ1) is 14.3. The van der Waals surface area contributed by atoms with Crippen LogP contribution < -0.4 is 16.4 Å². The molecule has 0 atom stereocenters. The predicted molar refractivity (Wildman–Crippen MR) is 73.5 cm³/mol. The molecule has 108 valence electrons. The van der Waals surface area contributed by atoms with E-state index in [1.807, 2.05) is 4.90 Å². The monoisotopic (exact) mass is 280 g/mol. The molecule has 0 radical (unpaired) electrons. The standard InChI is InChI=1S/C13H17FN4O2/c14-10-2-1-9(7-11(10)15)17-13(20)8-18-5-3-12(19)16-4-6-18/h1-2,7H,3-6,8,15H2,(H,16,19)(H,17,20). The summed E-state index contributed by atoms with van der Waals surface area (Å²) in [6, 6.07) is 4.04. The van der Waals surface area contributed by atoms with Gasteiger partial charge >= 0.3 is 0 Å². The highest BCUT2D eigenvalue weighted by Gasteiger charge is 2.16. The van der Waals surface area contributed by atoms with Crippen molar-refractivity contribution in [2.75, 3.05) is 37.2 Å². The average molecular weight is 280 g/mol. The van der Waals surface area contributed by atoms with Crippen LogP contribution in [-0.4, -0.2) is 42.9 Å². The molecule has 0 unspecified atom stereocenters. The summed E-state index contributed by atoms with van der Waals surface area (Å²) >= 11 is 0. The minimum Gasteiger partial charge on any atom is -0.396 e. The second-order valence-electron chi connectivity index (χ2n) is 4.66. The van der Waals surface area contributed by atoms with E-state index in [1.165, 1.54) is 18.2 Å². The van der Waals surface area contributed by atoms with Crippen molar-refractivity contribution >= 4 is 23.2 Å². The van der Waals surface area contributed by atoms with Gasteiger partial charge in [-0.05, 0) is 18.2 Å². The first-order valence-electron chi connectivity index (χ1n) is 6.38. The number of nitrogen functional groups attached to an aromatic ring is 1. The number of carbonyl (C=O) groups is 2. The van der Waals surface area contributed by atoms with Crippen molar-refractivity contribution in [3.8, 4) is 0 Å². The molecule has 4 N–H and O–H groups in total. The third-order valence-electron chi connectivity index (χ3n) is 3.05. The molecule has 0 aromatic heterocycles. The Kier molecular flexibility index (Phi) is 4.52. The maximum atomic E-state index is 13.0. The molecule has 0 spiro atoms. The number of nitrogens with two attached hydrogens (primary N) is 1. The molecule has 0 saturated carbocycles. The molecule has 1 aliphatic heterocycles. The molecule has 0 bridgehead atoms. The first-order valence-corrected chi connectivity index (χ1v) is 6.38. The van der Waals surface area contributed by atoms with Gasteiger partial charge in [0.25, 0.3) is 0 Å². The van der Waals surface area contributed by atoms with Crippen LogP contribution in [0.1, 0.15) is 6.42 Å². The van der Waals surface area contributed by atoms with Crippen LogP contribution in [0.15, 0.2) is 18.2 Å². The van der Waals surface area contributed by atoms with E-state index >= 15 is 0 Å². The van der Waals surface area contributed by atoms with E-state index in [9.17, 15) is 14.0 Å². The van der Waals surface area contributed by atoms with Crippen LogP contribution in [0.5, 0.6) is 0 Å². The average Bonchev–Trinajstić information content (AvgIpc) is 2.59. The van der Waals surface area contributed by atoms with Crippen LogP contribution in [0.25, 0.3) is 0 Å². The quantitative estimate of drug-likeness (QED) is 0.689. The largest absolute Gasteiger partial charge is 0.396 e. The summed E-state index contributed by atoms with van der Waals surface area (Å²) < 4.78 is 13.0. The summed E-state index contributed by atoms with van der Waals surface area (Å²) in [4.78, 5) is 25.0. The molecule has 1 aliphatic rings. The number of nitrogens with one attached hydrogen (secondary N) is 2. The van der Waals surface area contributed by atoms with E-state index < -0.39 is 5.82 Å². The summed E-state index contributed by atoms with van der Waals surface area (Å²) in [5.41, 5.74) is 5.88. The van der Waals surface area contributed by atoms with Gasteiger partial charge in [-0.15, -0.1) is 0 Å². The van der Waals surface area contributed by atoms with Gasteiger partial charge in [0.2, 0.25) is 11.8 Å². The number of hydrogen-bond acceptors (Lipinski definition) is 4. The molecule has 7 heteroatoms. The highest BCUT2D eigenvalue weighted by atomic mass is 19.1. The van der Waals surface area contributed by atoms with Gasteiger partial charge in [-0.25, -0.2) is 4.39 Å². The summed E-state index contributed by atoms with van der Waals surface area (Å²) in [5, 5.41) is 5.40. The Morgan fingerprint density at radius 2 is 2.25 bits per heavy atom. The summed E-state index contributed by atoms with van der Waals surface area (Å²) in [6.45, 7) is 1.90. The number of halogens is 1. The van der Waals surface area contributed by atoms with Crippen molar-refractivity contribution in [1.29, 1.82) is 0 Å². The third kappa shape index (κ3) is 3.92. The summed E-state index contributed by atoms with van der Waals surface area (Å²) in [6.07, 6.45) is 0.386. The number of amides is 2. The lowest BCUT2D eigenvalue weighted by atomic mass is 10.2. The molecule has 2 amide bonds. The smallest absolute Gasteiger partial charge is 0.238 e. The Bertz CT molecular complexity index is 521. The van der Waals surface area contributed by atoms with Crippen molar-refractivity contribution in [1.82, 2.24) is 10.2 Å². The van der Waals surface area contributed by atoms with Crippen molar-refractivity contribution in [3.05, 3.63) is 24.0 Å². The van der Waals surface area contributed by atoms with Crippen LogP contribution >= 0.6 is 0 Å². The van der Waals surface area contributed by atoms with Gasteiger partial charge in [0.1, 0.15) is 5.82 Å². The van der Waals surface area contributed by atoms with Gasteiger partial charge < -0.3 is 16.4 Å². The fourth-order valence-corrected chi connectivity index (χ4v) is 2.00. The van der Waals surface area contributed by atoms with Gasteiger partial charge in [-0.2, -0.15) is 0 Å². The number of rotatable bonds is 3. The third-order valence-corrected chi connectivity index (χ3v) is 3.05. The second kappa shape index (κ2) is 6.33. The molecule has 1 aromatic carbocycles. The van der Waals surface area contributed by atoms with Crippen LogP contribution in [0.3, 0.4) is 0 Å². The normalized spacial score (nSPS) is 16.4. The van der Waals surface area contributed by atoms with E-state index in [1.54, 1.807) is 0 Å². The van der Waals surface area contributed by atoms with Gasteiger partial charge in [0.15, 0.2) is 0 Å². The second-order valence-corrected chi connectivity index (χ2v) is 4.66. The van der Waals surface area contributed by atoms with Gasteiger partial charge in [-0.1, -0.05) is 0 Å². The maximum absolute atomic E-state index is 13.0. The van der Waals surface area contributed by atoms with E-state index in [0.717, 1.165) is 0 Å². The number of benzene rings is 1. The Hall–Kier alpha value is -2.15. The zero-order chi connectivity index (χ0) is 14.5. The Morgan fingerprint density at radius 1 is 1.45 bits per heavy atom. The molecule has 1 aromatic rings. The van der Waals surface area contributed by atoms with Crippen molar-refractivity contribution in [2.24, 2.45) is 0 Å². The summed E-state index contributed by atoms with van der Waals surface area (Å²) in [5.74, 6) is -0.732. The highest BCUT2D eigenvalue weighted by molar-refractivity contribution is 5.92. The lowest BCUT2D eigenvalue weighted by molar-refractivity contribution is -0.121. The summed E-state index contributed by atoms with van der Waals surface area (Å²) in [7, 11) is 0. The Morgan fingerprint density at radius 3 is 3.00 bits per heavy atom. The van der Waals surface area contributed by atoms with Crippen molar-refractivity contribution in [2.45, 2.75) is 6.42 Å². The molecule has 2 rings (SSSR count). The molecule has 1 heterocycles. The molecular weight excluding hydrogens is 263 g/mol. The molecule has 20 heavy (non-hydrogen) atoms. The van der Waals surface area contributed by atoms with E-state index in [-0.39, 0.29) is 24.0 Å². The predicted octanol–water partition coefficient (Wildman–Crippen LogP) is 0.168. The van der Waals surface area contributed by atoms with Gasteiger partial charge in [0.05, 0.1) is 12.2 Å². The van der Waals surface area contributed by atoms with Gasteiger partial charge in [0, 0.05) is 31.7 Å². The number of nitrogens with zero attached hydrogens (tertiary/aromatic N) is 1. The number of anilines is 2. The van der Waals surface area contributed by atoms with Crippen LogP contribution in [0.2, 0.25) is 0 Å². The Labute approximate surface area is 116 Å². The topological polar surface area (TPSA) is 87.5 Å². The van der Waals surface area contributed by atoms with E-state index in [0.29, 0.717) is 31.7 Å². The van der Waals surface area contributed by atoms with Gasteiger partial charge in [-0.3, -0.25) is 14.5 Å². The first-order chi connectivity index (χ1) is 9.54. The van der Waals surface area contributed by atoms with Crippen LogP contribution in [0.4, 0.5) is 15.8 Å². The molecule has 1 saturated heterocycles. The van der Waals surface area contributed by atoms with Crippen LogP contribution in [-0.2, 0) is 9.59 Å². The molecule has 0 aliphatic carbocycles. The van der Waals surface area contributed by atoms with Crippen molar-refractivity contribution in [3.63, 3.8) is 0 Å². The fraction of sp³-hybridized carbons (Fsp3) is 0.385. The SMILES string of the molecule is Nc1cc(NC(=O)CN2CCNC(=O)CC2)ccc1F. The fourth-order valence-electron chi connectivity index (χ4n) is 2.00. The Balaban J connectivity index is 1.88. The minimum atomic E-state index is -0.514. The van der Waals surface area contributed by atoms with Crippen LogP contribution in [0, 0.1) is 5.82 Å². The molecule has 1 fully saturated rings. The van der Waals surface area contributed by atoms with E-state index in [4.69, 9.17) is 5.73 Å².